The van der Waals surface area contributed by atoms with Crippen LogP contribution in [0, 0.1) is 0 Å². The van der Waals surface area contributed by atoms with Gasteiger partial charge in [-0.15, -0.1) is 0 Å². The van der Waals surface area contributed by atoms with Crippen molar-refractivity contribution in [1.82, 2.24) is 15.2 Å². The van der Waals surface area contributed by atoms with Crippen LogP contribution >= 0.6 is 0 Å². The maximum atomic E-state index is 13.2. The first-order valence-electron chi connectivity index (χ1n) is 5.69. The van der Waals surface area contributed by atoms with Gasteiger partial charge >= 0.3 is 6.18 Å². The van der Waals surface area contributed by atoms with Crippen molar-refractivity contribution < 1.29 is 22.7 Å². The summed E-state index contributed by atoms with van der Waals surface area (Å²) in [7, 11) is 1.44. The molecule has 0 saturated carbocycles. The van der Waals surface area contributed by atoms with Crippen molar-refractivity contribution >= 4 is 5.91 Å². The molecule has 6 nitrogen and oxygen atoms in total. The van der Waals surface area contributed by atoms with Crippen LogP contribution in [0.15, 0.2) is 30.5 Å². The minimum Gasteiger partial charge on any atom is -0.497 e. The molecular weight excluding hydrogens is 289 g/mol. The molecule has 0 fully saturated rings. The lowest BCUT2D eigenvalue weighted by molar-refractivity contribution is -0.143. The van der Waals surface area contributed by atoms with Crippen molar-refractivity contribution in [3.05, 3.63) is 41.7 Å². The van der Waals surface area contributed by atoms with Crippen LogP contribution in [0.1, 0.15) is 16.1 Å². The second kappa shape index (κ2) is 5.44. The number of methoxy groups -OCH3 is 1. The number of hydrogen-bond donors (Lipinski definition) is 2. The fourth-order valence-corrected chi connectivity index (χ4v) is 1.78. The lowest BCUT2D eigenvalue weighted by Crippen LogP contribution is -2.31. The molecule has 1 aromatic carbocycles. The summed E-state index contributed by atoms with van der Waals surface area (Å²) in [5, 5.41) is 3.62. The molecule has 0 bridgehead atoms. The monoisotopic (exact) mass is 300 g/mol. The van der Waals surface area contributed by atoms with Crippen LogP contribution in [0.5, 0.6) is 5.75 Å². The number of nitrogen functional groups attached to an aromatic ring is 1. The van der Waals surface area contributed by atoms with Crippen molar-refractivity contribution in [2.75, 3.05) is 7.11 Å². The molecule has 0 unspecified atom stereocenters. The zero-order valence-electron chi connectivity index (χ0n) is 10.8. The topological polar surface area (TPSA) is 82.2 Å². The van der Waals surface area contributed by atoms with Gasteiger partial charge in [-0.3, -0.25) is 10.2 Å². The molecule has 21 heavy (non-hydrogen) atoms. The molecule has 112 valence electrons. The highest BCUT2D eigenvalue weighted by molar-refractivity contribution is 5.95. The summed E-state index contributed by atoms with van der Waals surface area (Å²) in [6, 6.07) is 5.76. The normalized spacial score (nSPS) is 11.3. The molecule has 0 aliphatic carbocycles. The highest BCUT2D eigenvalue weighted by atomic mass is 19.4. The van der Waals surface area contributed by atoms with Gasteiger partial charge in [0.2, 0.25) is 0 Å². The minimum absolute atomic E-state index is 0.138. The molecule has 1 heterocycles. The lowest BCUT2D eigenvalue weighted by atomic mass is 10.2. The van der Waals surface area contributed by atoms with Gasteiger partial charge < -0.3 is 4.74 Å². The molecule has 1 aromatic heterocycles. The number of benzene rings is 1. The van der Waals surface area contributed by atoms with Gasteiger partial charge in [0.25, 0.3) is 5.91 Å². The number of carbonyl (C=O) groups excluding carboxylic acids is 1. The maximum Gasteiger partial charge on any atom is 0.434 e. The van der Waals surface area contributed by atoms with Gasteiger partial charge in [0.15, 0.2) is 5.69 Å². The number of amides is 1. The number of halogens is 3. The highest BCUT2D eigenvalue weighted by Crippen LogP contribution is 2.33. The third kappa shape index (κ3) is 2.82. The number of nitrogens with two attached hydrogens (primary N) is 1. The lowest BCUT2D eigenvalue weighted by Gasteiger charge is -2.12. The predicted molar refractivity (Wildman–Crippen MR) is 66.8 cm³/mol. The van der Waals surface area contributed by atoms with E-state index in [-0.39, 0.29) is 5.69 Å². The van der Waals surface area contributed by atoms with E-state index in [4.69, 9.17) is 10.6 Å². The molecule has 0 saturated heterocycles. The molecule has 2 aromatic rings. The van der Waals surface area contributed by atoms with Gasteiger partial charge in [-0.2, -0.15) is 18.3 Å². The standard InChI is InChI=1S/C12H11F3N4O2/c1-21-8-4-2-7(3-5-8)19-10(12(13,14)15)9(6-17-19)11(20)18-16/h2-6H,16H2,1H3,(H,18,20). The Labute approximate surface area is 117 Å². The molecule has 9 heteroatoms. The predicted octanol–water partition coefficient (Wildman–Crippen LogP) is 1.50. The fourth-order valence-electron chi connectivity index (χ4n) is 1.78. The van der Waals surface area contributed by atoms with Crippen LogP contribution in [0.4, 0.5) is 13.2 Å². The summed E-state index contributed by atoms with van der Waals surface area (Å²) in [5.41, 5.74) is -0.0479. The average Bonchev–Trinajstić information content (AvgIpc) is 2.91. The zero-order valence-corrected chi connectivity index (χ0v) is 10.8. The Morgan fingerprint density at radius 1 is 1.33 bits per heavy atom. The van der Waals surface area contributed by atoms with Crippen molar-refractivity contribution in [2.24, 2.45) is 5.84 Å². The SMILES string of the molecule is COc1ccc(-n2ncc(C(=O)NN)c2C(F)(F)F)cc1. The Bertz CT molecular complexity index is 650. The Morgan fingerprint density at radius 2 is 1.95 bits per heavy atom. The fraction of sp³-hybridized carbons (Fsp3) is 0.167. The van der Waals surface area contributed by atoms with Crippen LogP contribution in [0.2, 0.25) is 0 Å². The van der Waals surface area contributed by atoms with Gasteiger partial charge in [-0.25, -0.2) is 10.5 Å². The molecule has 0 radical (unpaired) electrons. The number of aromatic nitrogens is 2. The summed E-state index contributed by atoms with van der Waals surface area (Å²) in [4.78, 5) is 11.4. The summed E-state index contributed by atoms with van der Waals surface area (Å²) < 4.78 is 45.1. The van der Waals surface area contributed by atoms with Gasteiger partial charge in [0, 0.05) is 0 Å². The number of nitrogens with one attached hydrogen (secondary N) is 1. The second-order valence-electron chi connectivity index (χ2n) is 3.99. The molecule has 0 aliphatic heterocycles. The average molecular weight is 300 g/mol. The van der Waals surface area contributed by atoms with Crippen LogP contribution in [-0.2, 0) is 6.18 Å². The number of ether oxygens (including phenoxy) is 1. The number of hydrogen-bond acceptors (Lipinski definition) is 4. The van der Waals surface area contributed by atoms with Crippen LogP contribution in [0.3, 0.4) is 0 Å². The van der Waals surface area contributed by atoms with E-state index in [9.17, 15) is 18.0 Å². The Kier molecular flexibility index (Phi) is 3.85. The Hall–Kier alpha value is -2.55. The number of nitrogens with zero attached hydrogens (tertiary/aromatic N) is 2. The van der Waals surface area contributed by atoms with E-state index in [0.29, 0.717) is 10.4 Å². The van der Waals surface area contributed by atoms with E-state index in [1.54, 1.807) is 5.43 Å². The van der Waals surface area contributed by atoms with Gasteiger partial charge in [0.1, 0.15) is 5.75 Å². The van der Waals surface area contributed by atoms with E-state index in [2.05, 4.69) is 5.10 Å². The summed E-state index contributed by atoms with van der Waals surface area (Å²) in [5.74, 6) is 4.30. The van der Waals surface area contributed by atoms with Crippen molar-refractivity contribution in [3.8, 4) is 11.4 Å². The molecule has 0 aliphatic rings. The Morgan fingerprint density at radius 3 is 2.43 bits per heavy atom. The minimum atomic E-state index is -4.77. The largest absolute Gasteiger partial charge is 0.497 e. The molecular formula is C12H11F3N4O2. The van der Waals surface area contributed by atoms with E-state index in [0.717, 1.165) is 6.20 Å². The summed E-state index contributed by atoms with van der Waals surface area (Å²) in [6.45, 7) is 0. The van der Waals surface area contributed by atoms with Crippen molar-refractivity contribution in [2.45, 2.75) is 6.18 Å². The quantitative estimate of drug-likeness (QED) is 0.511. The van der Waals surface area contributed by atoms with Crippen LogP contribution in [0.25, 0.3) is 5.69 Å². The number of hydrazine groups is 1. The third-order valence-electron chi connectivity index (χ3n) is 2.73. The van der Waals surface area contributed by atoms with E-state index >= 15 is 0 Å². The van der Waals surface area contributed by atoms with Gasteiger partial charge in [0.05, 0.1) is 24.6 Å². The van der Waals surface area contributed by atoms with E-state index in [1.807, 2.05) is 0 Å². The van der Waals surface area contributed by atoms with Gasteiger partial charge in [-0.05, 0) is 24.3 Å². The van der Waals surface area contributed by atoms with Crippen LogP contribution in [-0.4, -0.2) is 22.8 Å². The third-order valence-corrected chi connectivity index (χ3v) is 2.73. The molecule has 1 amide bonds. The van der Waals surface area contributed by atoms with E-state index < -0.39 is 23.3 Å². The van der Waals surface area contributed by atoms with Gasteiger partial charge in [-0.1, -0.05) is 0 Å². The Balaban J connectivity index is 2.58. The first-order chi connectivity index (χ1) is 9.88. The van der Waals surface area contributed by atoms with Crippen molar-refractivity contribution in [1.29, 1.82) is 0 Å². The zero-order chi connectivity index (χ0) is 15.6. The smallest absolute Gasteiger partial charge is 0.434 e. The first-order valence-corrected chi connectivity index (χ1v) is 5.69. The molecule has 0 atom stereocenters. The first kappa shape index (κ1) is 14.9. The number of carbonyl (C=O) groups is 1. The molecule has 0 spiro atoms. The second-order valence-corrected chi connectivity index (χ2v) is 3.99. The molecule has 2 rings (SSSR count). The van der Waals surface area contributed by atoms with E-state index in [1.165, 1.54) is 31.4 Å². The maximum absolute atomic E-state index is 13.2. The molecule has 3 N–H and O–H groups in total. The highest BCUT2D eigenvalue weighted by Gasteiger charge is 2.40. The number of alkyl halides is 3. The van der Waals surface area contributed by atoms with Crippen molar-refractivity contribution in [3.63, 3.8) is 0 Å². The van der Waals surface area contributed by atoms with Crippen LogP contribution < -0.4 is 16.0 Å². The summed E-state index contributed by atoms with van der Waals surface area (Å²) in [6.07, 6.45) is -3.95. The summed E-state index contributed by atoms with van der Waals surface area (Å²) >= 11 is 0. The number of rotatable bonds is 3.